The number of morpholine rings is 1. The van der Waals surface area contributed by atoms with Gasteiger partial charge >= 0.3 is 0 Å². The average Bonchev–Trinajstić information content (AvgIpc) is 2.61. The van der Waals surface area contributed by atoms with Gasteiger partial charge in [0.25, 0.3) is 5.56 Å². The van der Waals surface area contributed by atoms with Gasteiger partial charge in [0.2, 0.25) is 5.91 Å². The van der Waals surface area contributed by atoms with Gasteiger partial charge in [0.05, 0.1) is 24.1 Å². The van der Waals surface area contributed by atoms with Crippen molar-refractivity contribution in [2.75, 3.05) is 39.4 Å². The first-order valence-electron chi connectivity index (χ1n) is 8.27. The molecular weight excluding hydrogens is 308 g/mol. The molecule has 0 spiro atoms. The molecule has 0 aliphatic carbocycles. The average molecular weight is 330 g/mol. The maximum atomic E-state index is 12.0. The standard InChI is InChI=1S/C17H22N4O3/c22-16(18-7-8-21-9-11-24-12-10-21)6-5-15-19-14-4-2-1-3-13(14)17(23)20-15/h1-4H,5-12H2,(H,18,22)(H,19,20,23). The first-order valence-corrected chi connectivity index (χ1v) is 8.27. The van der Waals surface area contributed by atoms with Gasteiger partial charge in [-0.2, -0.15) is 0 Å². The lowest BCUT2D eigenvalue weighted by atomic mass is 10.2. The van der Waals surface area contributed by atoms with Crippen LogP contribution >= 0.6 is 0 Å². The molecule has 1 saturated heterocycles. The molecule has 0 bridgehead atoms. The van der Waals surface area contributed by atoms with Crippen molar-refractivity contribution >= 4 is 16.8 Å². The van der Waals surface area contributed by atoms with Crippen LogP contribution in [-0.4, -0.2) is 60.2 Å². The van der Waals surface area contributed by atoms with Gasteiger partial charge in [-0.25, -0.2) is 4.98 Å². The van der Waals surface area contributed by atoms with Crippen LogP contribution in [0.4, 0.5) is 0 Å². The predicted octanol–water partition coefficient (Wildman–Crippen LogP) is 0.304. The maximum absolute atomic E-state index is 12.0. The van der Waals surface area contributed by atoms with Crippen LogP contribution in [0.25, 0.3) is 10.9 Å². The second kappa shape index (κ2) is 8.03. The molecule has 1 aliphatic heterocycles. The highest BCUT2D eigenvalue weighted by Crippen LogP contribution is 2.06. The Hall–Kier alpha value is -2.25. The topological polar surface area (TPSA) is 87.3 Å². The van der Waals surface area contributed by atoms with Crippen LogP contribution in [0.3, 0.4) is 0 Å². The molecule has 2 heterocycles. The van der Waals surface area contributed by atoms with E-state index in [4.69, 9.17) is 4.74 Å². The molecule has 3 rings (SSSR count). The number of rotatable bonds is 6. The van der Waals surface area contributed by atoms with E-state index in [-0.39, 0.29) is 11.5 Å². The number of amides is 1. The molecule has 7 nitrogen and oxygen atoms in total. The van der Waals surface area contributed by atoms with E-state index < -0.39 is 0 Å². The molecule has 1 aromatic carbocycles. The Kier molecular flexibility index (Phi) is 5.55. The Morgan fingerprint density at radius 1 is 1.29 bits per heavy atom. The number of fused-ring (bicyclic) bond motifs is 1. The maximum Gasteiger partial charge on any atom is 0.258 e. The summed E-state index contributed by atoms with van der Waals surface area (Å²) in [5.74, 6) is 0.515. The van der Waals surface area contributed by atoms with E-state index in [0.29, 0.717) is 36.1 Å². The van der Waals surface area contributed by atoms with Crippen molar-refractivity contribution in [1.29, 1.82) is 0 Å². The molecule has 0 atom stereocenters. The van der Waals surface area contributed by atoms with Crippen LogP contribution in [0.2, 0.25) is 0 Å². The summed E-state index contributed by atoms with van der Waals surface area (Å²) in [4.78, 5) is 33.3. The SMILES string of the molecule is O=C(CCc1nc2ccccc2c(=O)[nH]1)NCCN1CCOCC1. The third-order valence-corrected chi connectivity index (χ3v) is 4.10. The Morgan fingerprint density at radius 3 is 2.92 bits per heavy atom. The number of aromatic nitrogens is 2. The number of ether oxygens (including phenoxy) is 1. The number of hydrogen-bond donors (Lipinski definition) is 2. The predicted molar refractivity (Wildman–Crippen MR) is 91.0 cm³/mol. The fourth-order valence-electron chi connectivity index (χ4n) is 2.75. The van der Waals surface area contributed by atoms with Crippen molar-refractivity contribution in [3.05, 3.63) is 40.4 Å². The second-order valence-corrected chi connectivity index (χ2v) is 5.83. The number of para-hydroxylation sites is 1. The molecule has 0 radical (unpaired) electrons. The summed E-state index contributed by atoms with van der Waals surface area (Å²) in [5.41, 5.74) is 0.493. The van der Waals surface area contributed by atoms with E-state index in [1.807, 2.05) is 6.07 Å². The third-order valence-electron chi connectivity index (χ3n) is 4.10. The number of carbonyl (C=O) groups excluding carboxylic acids is 1. The van der Waals surface area contributed by atoms with Gasteiger partial charge in [-0.1, -0.05) is 12.1 Å². The highest BCUT2D eigenvalue weighted by atomic mass is 16.5. The molecule has 2 aromatic rings. The summed E-state index contributed by atoms with van der Waals surface area (Å²) in [6, 6.07) is 7.19. The number of aryl methyl sites for hydroxylation is 1. The number of nitrogens with zero attached hydrogens (tertiary/aromatic N) is 2. The van der Waals surface area contributed by atoms with E-state index >= 15 is 0 Å². The van der Waals surface area contributed by atoms with E-state index in [9.17, 15) is 9.59 Å². The van der Waals surface area contributed by atoms with Crippen molar-refractivity contribution < 1.29 is 9.53 Å². The number of hydrogen-bond acceptors (Lipinski definition) is 5. The molecular formula is C17H22N4O3. The Morgan fingerprint density at radius 2 is 2.08 bits per heavy atom. The zero-order chi connectivity index (χ0) is 16.8. The lowest BCUT2D eigenvalue weighted by molar-refractivity contribution is -0.121. The Labute approximate surface area is 140 Å². The molecule has 0 saturated carbocycles. The molecule has 1 amide bonds. The van der Waals surface area contributed by atoms with Gasteiger partial charge in [0.1, 0.15) is 5.82 Å². The summed E-state index contributed by atoms with van der Waals surface area (Å²) in [6.45, 7) is 4.81. The van der Waals surface area contributed by atoms with Gasteiger partial charge in [-0.3, -0.25) is 14.5 Å². The van der Waals surface area contributed by atoms with Gasteiger partial charge in [-0.05, 0) is 12.1 Å². The van der Waals surface area contributed by atoms with Crippen molar-refractivity contribution in [1.82, 2.24) is 20.2 Å². The summed E-state index contributed by atoms with van der Waals surface area (Å²) in [7, 11) is 0. The van der Waals surface area contributed by atoms with E-state index in [2.05, 4.69) is 20.2 Å². The minimum absolute atomic E-state index is 0.0286. The zero-order valence-corrected chi connectivity index (χ0v) is 13.6. The Balaban J connectivity index is 1.46. The second-order valence-electron chi connectivity index (χ2n) is 5.83. The fraction of sp³-hybridized carbons (Fsp3) is 0.471. The van der Waals surface area contributed by atoms with Crippen molar-refractivity contribution in [3.63, 3.8) is 0 Å². The first kappa shape index (κ1) is 16.6. The van der Waals surface area contributed by atoms with Crippen LogP contribution in [0, 0.1) is 0 Å². The number of carbonyl (C=O) groups is 1. The van der Waals surface area contributed by atoms with Crippen LogP contribution in [-0.2, 0) is 16.0 Å². The fourth-order valence-corrected chi connectivity index (χ4v) is 2.75. The van der Waals surface area contributed by atoms with Crippen molar-refractivity contribution in [2.45, 2.75) is 12.8 Å². The number of benzene rings is 1. The first-order chi connectivity index (χ1) is 11.7. The quantitative estimate of drug-likeness (QED) is 0.796. The molecule has 128 valence electrons. The number of H-pyrrole nitrogens is 1. The molecule has 1 aromatic heterocycles. The lowest BCUT2D eigenvalue weighted by Crippen LogP contribution is -2.41. The van der Waals surface area contributed by atoms with Crippen LogP contribution in [0.5, 0.6) is 0 Å². The van der Waals surface area contributed by atoms with Gasteiger partial charge in [0.15, 0.2) is 0 Å². The summed E-state index contributed by atoms with van der Waals surface area (Å²) in [6.07, 6.45) is 0.730. The lowest BCUT2D eigenvalue weighted by Gasteiger charge is -2.26. The van der Waals surface area contributed by atoms with Gasteiger partial charge in [0, 0.05) is 39.0 Å². The van der Waals surface area contributed by atoms with Crippen molar-refractivity contribution in [2.24, 2.45) is 0 Å². The summed E-state index contributed by atoms with van der Waals surface area (Å²) < 4.78 is 5.29. The summed E-state index contributed by atoms with van der Waals surface area (Å²) in [5, 5.41) is 3.48. The van der Waals surface area contributed by atoms with E-state index in [1.165, 1.54) is 0 Å². The van der Waals surface area contributed by atoms with Crippen LogP contribution in [0.15, 0.2) is 29.1 Å². The third kappa shape index (κ3) is 4.39. The van der Waals surface area contributed by atoms with Crippen molar-refractivity contribution in [3.8, 4) is 0 Å². The Bertz CT molecular complexity index is 753. The normalized spacial score (nSPS) is 15.5. The minimum atomic E-state index is -0.164. The highest BCUT2D eigenvalue weighted by molar-refractivity contribution is 5.78. The molecule has 7 heteroatoms. The minimum Gasteiger partial charge on any atom is -0.379 e. The number of nitrogens with one attached hydrogen (secondary N) is 2. The van der Waals surface area contributed by atoms with Gasteiger partial charge in [-0.15, -0.1) is 0 Å². The summed E-state index contributed by atoms with van der Waals surface area (Å²) >= 11 is 0. The molecule has 1 fully saturated rings. The van der Waals surface area contributed by atoms with Crippen LogP contribution < -0.4 is 10.9 Å². The molecule has 2 N–H and O–H groups in total. The smallest absolute Gasteiger partial charge is 0.258 e. The zero-order valence-electron chi connectivity index (χ0n) is 13.6. The molecule has 0 unspecified atom stereocenters. The van der Waals surface area contributed by atoms with Crippen LogP contribution in [0.1, 0.15) is 12.2 Å². The molecule has 1 aliphatic rings. The highest BCUT2D eigenvalue weighted by Gasteiger charge is 2.10. The monoisotopic (exact) mass is 330 g/mol. The van der Waals surface area contributed by atoms with Gasteiger partial charge < -0.3 is 15.0 Å². The van der Waals surface area contributed by atoms with E-state index in [1.54, 1.807) is 18.2 Å². The largest absolute Gasteiger partial charge is 0.379 e. The van der Waals surface area contributed by atoms with E-state index in [0.717, 1.165) is 32.8 Å². The number of aromatic amines is 1. The molecule has 24 heavy (non-hydrogen) atoms.